The molecule has 2 aliphatic rings. The van der Waals surface area contributed by atoms with E-state index in [1.54, 1.807) is 4.90 Å². The summed E-state index contributed by atoms with van der Waals surface area (Å²) in [5, 5.41) is 4.50. The molecule has 180 valence electrons. The zero-order valence-corrected chi connectivity index (χ0v) is 19.0. The van der Waals surface area contributed by atoms with Gasteiger partial charge in [-0.25, -0.2) is 9.37 Å². The minimum atomic E-state index is -2.71. The lowest BCUT2D eigenvalue weighted by atomic mass is 10.0. The van der Waals surface area contributed by atoms with Crippen LogP contribution in [0, 0.1) is 13.8 Å². The fraction of sp³-hybridized carbons (Fsp3) is 0.458. The van der Waals surface area contributed by atoms with Gasteiger partial charge < -0.3 is 23.8 Å². The van der Waals surface area contributed by atoms with Gasteiger partial charge >= 0.3 is 0 Å². The third-order valence-corrected chi connectivity index (χ3v) is 6.02. The van der Waals surface area contributed by atoms with Gasteiger partial charge in [-0.05, 0) is 26.0 Å². The van der Waals surface area contributed by atoms with Crippen molar-refractivity contribution >= 4 is 11.5 Å². The highest BCUT2D eigenvalue weighted by Gasteiger charge is 2.33. The summed E-state index contributed by atoms with van der Waals surface area (Å²) in [4.78, 5) is 19.0. The molecule has 3 aromatic rings. The topological polar surface area (TPSA) is 87.4 Å². The van der Waals surface area contributed by atoms with E-state index < -0.39 is 25.4 Å². The van der Waals surface area contributed by atoms with E-state index in [2.05, 4.69) is 10.1 Å². The fourth-order valence-corrected chi connectivity index (χ4v) is 4.15. The molecule has 0 N–H and O–H groups in total. The number of aromatic nitrogens is 3. The quantitative estimate of drug-likeness (QED) is 0.558. The Balaban J connectivity index is 1.34. The van der Waals surface area contributed by atoms with Crippen molar-refractivity contribution in [1.82, 2.24) is 14.6 Å². The van der Waals surface area contributed by atoms with Crippen LogP contribution in [0.25, 0.3) is 5.65 Å². The first-order chi connectivity index (χ1) is 17.9. The Bertz CT molecular complexity index is 1450. The van der Waals surface area contributed by atoms with Crippen molar-refractivity contribution in [1.29, 1.82) is 0 Å². The van der Waals surface area contributed by atoms with Crippen LogP contribution in [-0.4, -0.2) is 60.2 Å². The molecule has 1 saturated heterocycles. The second-order valence-corrected chi connectivity index (χ2v) is 8.25. The van der Waals surface area contributed by atoms with Gasteiger partial charge in [0.1, 0.15) is 25.0 Å². The van der Waals surface area contributed by atoms with Crippen molar-refractivity contribution in [3.8, 4) is 17.2 Å². The van der Waals surface area contributed by atoms with Crippen LogP contribution in [0.1, 0.15) is 28.7 Å². The Morgan fingerprint density at radius 3 is 2.76 bits per heavy atom. The molecule has 2 aromatic heterocycles. The molecule has 34 heavy (non-hydrogen) atoms. The van der Waals surface area contributed by atoms with E-state index in [4.69, 9.17) is 24.4 Å². The fourth-order valence-electron chi connectivity index (χ4n) is 4.15. The minimum absolute atomic E-state index is 0.0132. The molecule has 2 aliphatic heterocycles. The molecule has 0 amide bonds. The molecule has 9 nitrogen and oxygen atoms in total. The molecule has 0 aliphatic carbocycles. The van der Waals surface area contributed by atoms with Crippen molar-refractivity contribution in [2.75, 3.05) is 38.2 Å². The van der Waals surface area contributed by atoms with Gasteiger partial charge in [-0.2, -0.15) is 4.52 Å². The number of alkyl halides is 1. The molecule has 0 radical (unpaired) electrons. The lowest BCUT2D eigenvalue weighted by molar-refractivity contribution is 0.0809. The van der Waals surface area contributed by atoms with E-state index in [0.29, 0.717) is 30.1 Å². The summed E-state index contributed by atoms with van der Waals surface area (Å²) in [7, 11) is 1.53. The molecule has 10 heteroatoms. The Morgan fingerprint density at radius 1 is 1.21 bits per heavy atom. The number of benzene rings is 1. The Kier molecular flexibility index (Phi) is 4.81. The smallest absolute Gasteiger partial charge is 0.274 e. The summed E-state index contributed by atoms with van der Waals surface area (Å²) in [6, 6.07) is 5.62. The average molecular weight is 475 g/mol. The van der Waals surface area contributed by atoms with E-state index >= 15 is 4.39 Å². The van der Waals surface area contributed by atoms with Crippen LogP contribution in [0.2, 0.25) is 0 Å². The Hall–Kier alpha value is -3.40. The zero-order chi connectivity index (χ0) is 27.4. The largest absolute Gasteiger partial charge is 0.487 e. The number of fused-ring (bicyclic) bond motifs is 2. The molecular formula is C24H27FN4O5. The molecule has 0 spiro atoms. The molecular weight excluding hydrogens is 443 g/mol. The number of anilines is 1. The van der Waals surface area contributed by atoms with Crippen LogP contribution >= 0.6 is 0 Å². The highest BCUT2D eigenvalue weighted by molar-refractivity contribution is 5.59. The minimum Gasteiger partial charge on any atom is -0.487 e. The zero-order valence-electron chi connectivity index (χ0n) is 23.0. The predicted molar refractivity (Wildman–Crippen MR) is 123 cm³/mol. The standard InChI is InChI=1S/C24H27FN4O5/c1-14-15(2)24(27-29-22(30)10-16(13-31-3)26-23(14)29)28-7-6-19(18(25)12-28)34-17-4-5-20-21(11-17)33-9-8-32-20/h4-5,10-11,18-19H,6-9,12-13H2,1-3H3/t18-,19-/m1/s1/i8D2,9D2. The number of methoxy groups -OCH3 is 1. The molecule has 5 rings (SSSR count). The van der Waals surface area contributed by atoms with Crippen molar-refractivity contribution in [2.45, 2.75) is 39.2 Å². The summed E-state index contributed by atoms with van der Waals surface area (Å²) in [5.41, 5.74) is 2.14. The van der Waals surface area contributed by atoms with Crippen LogP contribution in [0.3, 0.4) is 0 Å². The van der Waals surface area contributed by atoms with E-state index in [9.17, 15) is 4.79 Å². The van der Waals surface area contributed by atoms with Gasteiger partial charge in [0.2, 0.25) is 0 Å². The highest BCUT2D eigenvalue weighted by Crippen LogP contribution is 2.35. The van der Waals surface area contributed by atoms with Gasteiger partial charge in [0.25, 0.3) is 5.56 Å². The maximum atomic E-state index is 15.3. The Morgan fingerprint density at radius 2 is 2.00 bits per heavy atom. The summed E-state index contributed by atoms with van der Waals surface area (Å²) < 4.78 is 68.6. The molecule has 2 atom stereocenters. The van der Waals surface area contributed by atoms with Gasteiger partial charge in [0.05, 0.1) is 24.3 Å². The molecule has 0 saturated carbocycles. The first kappa shape index (κ1) is 18.0. The summed E-state index contributed by atoms with van der Waals surface area (Å²) >= 11 is 0. The average Bonchev–Trinajstić information content (AvgIpc) is 2.84. The SMILES string of the molecule is [2H]C1([2H])Oc2ccc(O[C@@H]3CCN(c4nn5c(=O)cc(COC)nc5c(C)c4C)C[C@H]3F)cc2OC1([2H])[2H]. The third kappa shape index (κ3) is 4.13. The van der Waals surface area contributed by atoms with Crippen molar-refractivity contribution in [3.05, 3.63) is 51.4 Å². The normalized spacial score (nSPS) is 24.6. The van der Waals surface area contributed by atoms with E-state index in [1.165, 1.54) is 35.9 Å². The van der Waals surface area contributed by atoms with Crippen LogP contribution in [0.4, 0.5) is 10.2 Å². The maximum Gasteiger partial charge on any atom is 0.274 e. The summed E-state index contributed by atoms with van der Waals surface area (Å²) in [5.74, 6) is 0.730. The second-order valence-electron chi connectivity index (χ2n) is 8.25. The number of hydrogen-bond acceptors (Lipinski definition) is 8. The number of rotatable bonds is 5. The second kappa shape index (κ2) is 9.09. The van der Waals surface area contributed by atoms with Gasteiger partial charge in [-0.1, -0.05) is 0 Å². The van der Waals surface area contributed by atoms with Gasteiger partial charge in [-0.15, -0.1) is 5.10 Å². The molecule has 1 fully saturated rings. The number of ether oxygens (including phenoxy) is 4. The maximum absolute atomic E-state index is 15.3. The van der Waals surface area contributed by atoms with Crippen LogP contribution < -0.4 is 24.7 Å². The number of halogens is 1. The van der Waals surface area contributed by atoms with Crippen molar-refractivity contribution in [3.63, 3.8) is 0 Å². The number of hydrogen-bond donors (Lipinski definition) is 0. The van der Waals surface area contributed by atoms with Gasteiger partial charge in [0.15, 0.2) is 29.1 Å². The van der Waals surface area contributed by atoms with Crippen LogP contribution in [-0.2, 0) is 11.3 Å². The monoisotopic (exact) mass is 474 g/mol. The molecule has 0 unspecified atom stereocenters. The van der Waals surface area contributed by atoms with Gasteiger partial charge in [-0.3, -0.25) is 4.79 Å². The predicted octanol–water partition coefficient (Wildman–Crippen LogP) is 2.62. The van der Waals surface area contributed by atoms with E-state index in [1.807, 2.05) is 13.8 Å². The third-order valence-electron chi connectivity index (χ3n) is 6.02. The summed E-state index contributed by atoms with van der Waals surface area (Å²) in [6.45, 7) is -1.06. The molecule has 0 bridgehead atoms. The highest BCUT2D eigenvalue weighted by atomic mass is 19.1. The summed E-state index contributed by atoms with van der Waals surface area (Å²) in [6.07, 6.45) is -1.87. The molecule has 1 aromatic carbocycles. The van der Waals surface area contributed by atoms with Gasteiger partial charge in [0, 0.05) is 43.3 Å². The van der Waals surface area contributed by atoms with Crippen LogP contribution in [0.5, 0.6) is 17.2 Å². The van der Waals surface area contributed by atoms with E-state index in [-0.39, 0.29) is 36.0 Å². The van der Waals surface area contributed by atoms with Crippen LogP contribution in [0.15, 0.2) is 29.1 Å². The van der Waals surface area contributed by atoms with E-state index in [0.717, 1.165) is 11.1 Å². The van der Waals surface area contributed by atoms with Crippen molar-refractivity contribution < 1.29 is 28.8 Å². The number of aryl methyl sites for hydroxylation is 1. The number of piperidine rings is 1. The molecule has 4 heterocycles. The Labute approximate surface area is 201 Å². The van der Waals surface area contributed by atoms with Crippen molar-refractivity contribution in [2.24, 2.45) is 0 Å². The first-order valence-corrected chi connectivity index (χ1v) is 10.9. The first-order valence-electron chi connectivity index (χ1n) is 12.9. The lowest BCUT2D eigenvalue weighted by Crippen LogP contribution is -2.48. The number of nitrogens with zero attached hydrogens (tertiary/aromatic N) is 4. The lowest BCUT2D eigenvalue weighted by Gasteiger charge is -2.36.